The first-order chi connectivity index (χ1) is 8.38. The van der Waals surface area contributed by atoms with Crippen molar-refractivity contribution in [3.05, 3.63) is 0 Å². The molecule has 105 valence electrons. The maximum Gasteiger partial charge on any atom is 0.347 e. The van der Waals surface area contributed by atoms with E-state index in [4.69, 9.17) is 9.84 Å². The van der Waals surface area contributed by atoms with E-state index < -0.39 is 30.1 Å². The van der Waals surface area contributed by atoms with Gasteiger partial charge in [-0.25, -0.2) is 9.59 Å². The van der Waals surface area contributed by atoms with Gasteiger partial charge in [0, 0.05) is 36.0 Å². The van der Waals surface area contributed by atoms with Crippen molar-refractivity contribution in [1.29, 1.82) is 0 Å². The van der Waals surface area contributed by atoms with Crippen molar-refractivity contribution in [2.75, 3.05) is 0 Å². The molecule has 19 heavy (non-hydrogen) atoms. The number of aliphatic carboxylic acids is 1. The van der Waals surface area contributed by atoms with Gasteiger partial charge in [0.15, 0.2) is 12.2 Å². The molecule has 0 aliphatic heterocycles. The number of carboxylic acids is 1. The van der Waals surface area contributed by atoms with Gasteiger partial charge in [0.1, 0.15) is 0 Å². The molecule has 0 aliphatic carbocycles. The first kappa shape index (κ1) is 20.7. The molecule has 0 aromatic rings. The quantitative estimate of drug-likeness (QED) is 0.408. The van der Waals surface area contributed by atoms with Crippen LogP contribution in [-0.4, -0.2) is 64.8 Å². The SMILES string of the molecule is CCCCCC(=O)OC(C)C(=O)OC(C)C(=O)O.[Na]. The zero-order chi connectivity index (χ0) is 14.1. The number of carbonyl (C=O) groups is 3. The van der Waals surface area contributed by atoms with Crippen LogP contribution in [0.2, 0.25) is 0 Å². The molecule has 0 amide bonds. The molecule has 0 heterocycles. The molecule has 2 atom stereocenters. The minimum atomic E-state index is -1.25. The molecule has 0 bridgehead atoms. The Balaban J connectivity index is 0. The van der Waals surface area contributed by atoms with Gasteiger partial charge in [-0.05, 0) is 20.3 Å². The molecule has 0 spiro atoms. The number of carbonyl (C=O) groups excluding carboxylic acids is 2. The molecule has 1 N–H and O–H groups in total. The Morgan fingerprint density at radius 3 is 2.11 bits per heavy atom. The summed E-state index contributed by atoms with van der Waals surface area (Å²) in [5.74, 6) is -2.57. The fourth-order valence-corrected chi connectivity index (χ4v) is 1.14. The van der Waals surface area contributed by atoms with Crippen LogP contribution in [-0.2, 0) is 23.9 Å². The Morgan fingerprint density at radius 2 is 1.63 bits per heavy atom. The monoisotopic (exact) mass is 283 g/mol. The molecule has 6 nitrogen and oxygen atoms in total. The molecule has 0 rings (SSSR count). The van der Waals surface area contributed by atoms with Crippen molar-refractivity contribution in [3.63, 3.8) is 0 Å². The molecule has 0 aromatic carbocycles. The van der Waals surface area contributed by atoms with Crippen LogP contribution in [0.3, 0.4) is 0 Å². The number of ether oxygens (including phenoxy) is 2. The molecule has 1 radical (unpaired) electrons. The summed E-state index contributed by atoms with van der Waals surface area (Å²) in [6, 6.07) is 0. The van der Waals surface area contributed by atoms with Crippen LogP contribution in [0.4, 0.5) is 0 Å². The second-order valence-corrected chi connectivity index (χ2v) is 4.01. The normalized spacial score (nSPS) is 12.8. The summed E-state index contributed by atoms with van der Waals surface area (Å²) in [5.41, 5.74) is 0. The van der Waals surface area contributed by atoms with Gasteiger partial charge in [-0.15, -0.1) is 0 Å². The summed E-state index contributed by atoms with van der Waals surface area (Å²) in [7, 11) is 0. The summed E-state index contributed by atoms with van der Waals surface area (Å²) in [6.45, 7) is 4.60. The number of esters is 2. The van der Waals surface area contributed by atoms with Gasteiger partial charge in [-0.3, -0.25) is 4.79 Å². The standard InChI is InChI=1S/C12H20O6.Na/c1-4-5-6-7-10(13)17-9(3)12(16)18-8(2)11(14)15;/h8-9H,4-7H2,1-3H3,(H,14,15);. The van der Waals surface area contributed by atoms with Crippen molar-refractivity contribution in [2.45, 2.75) is 58.7 Å². The van der Waals surface area contributed by atoms with E-state index in [2.05, 4.69) is 4.74 Å². The molecule has 0 fully saturated rings. The first-order valence-electron chi connectivity index (χ1n) is 6.01. The summed E-state index contributed by atoms with van der Waals surface area (Å²) in [5, 5.41) is 8.55. The number of carboxylic acid groups (broad SMARTS) is 1. The van der Waals surface area contributed by atoms with Gasteiger partial charge >= 0.3 is 17.9 Å². The van der Waals surface area contributed by atoms with E-state index in [1.807, 2.05) is 6.92 Å². The van der Waals surface area contributed by atoms with Crippen LogP contribution >= 0.6 is 0 Å². The zero-order valence-electron chi connectivity index (χ0n) is 12.0. The zero-order valence-corrected chi connectivity index (χ0v) is 14.0. The summed E-state index contributed by atoms with van der Waals surface area (Å²) < 4.78 is 9.42. The third-order valence-corrected chi connectivity index (χ3v) is 2.27. The summed E-state index contributed by atoms with van der Waals surface area (Å²) in [4.78, 5) is 33.1. The smallest absolute Gasteiger partial charge is 0.347 e. The van der Waals surface area contributed by atoms with E-state index in [0.717, 1.165) is 12.8 Å². The number of rotatable bonds is 8. The molecule has 0 aromatic heterocycles. The van der Waals surface area contributed by atoms with Crippen molar-refractivity contribution < 1.29 is 29.0 Å². The predicted molar refractivity (Wildman–Crippen MR) is 68.6 cm³/mol. The largest absolute Gasteiger partial charge is 0.479 e. The van der Waals surface area contributed by atoms with Crippen LogP contribution in [0.5, 0.6) is 0 Å². The molecular weight excluding hydrogens is 263 g/mol. The average molecular weight is 283 g/mol. The van der Waals surface area contributed by atoms with Crippen molar-refractivity contribution in [3.8, 4) is 0 Å². The van der Waals surface area contributed by atoms with Crippen molar-refractivity contribution >= 4 is 47.5 Å². The minimum Gasteiger partial charge on any atom is -0.479 e. The summed E-state index contributed by atoms with van der Waals surface area (Å²) in [6.07, 6.45) is 0.535. The Bertz CT molecular complexity index is 305. The first-order valence-corrected chi connectivity index (χ1v) is 6.01. The second-order valence-electron chi connectivity index (χ2n) is 4.01. The van der Waals surface area contributed by atoms with Gasteiger partial charge in [-0.2, -0.15) is 0 Å². The maximum atomic E-state index is 11.4. The van der Waals surface area contributed by atoms with E-state index in [1.54, 1.807) is 0 Å². The van der Waals surface area contributed by atoms with Gasteiger partial charge in [0.2, 0.25) is 0 Å². The fourth-order valence-electron chi connectivity index (χ4n) is 1.14. The number of hydrogen-bond donors (Lipinski definition) is 1. The topological polar surface area (TPSA) is 89.9 Å². The molecule has 0 saturated heterocycles. The van der Waals surface area contributed by atoms with Crippen LogP contribution < -0.4 is 0 Å². The Kier molecular flexibility index (Phi) is 12.3. The number of unbranched alkanes of at least 4 members (excludes halogenated alkanes) is 2. The maximum absolute atomic E-state index is 11.4. The molecule has 0 saturated carbocycles. The van der Waals surface area contributed by atoms with Gasteiger partial charge < -0.3 is 14.6 Å². The third-order valence-electron chi connectivity index (χ3n) is 2.27. The van der Waals surface area contributed by atoms with Crippen LogP contribution in [0, 0.1) is 0 Å². The van der Waals surface area contributed by atoms with E-state index in [1.165, 1.54) is 13.8 Å². The van der Waals surface area contributed by atoms with E-state index in [9.17, 15) is 14.4 Å². The van der Waals surface area contributed by atoms with Crippen LogP contribution in [0.1, 0.15) is 46.5 Å². The number of hydrogen-bond acceptors (Lipinski definition) is 5. The third kappa shape index (κ3) is 9.92. The summed E-state index contributed by atoms with van der Waals surface area (Å²) >= 11 is 0. The predicted octanol–water partition coefficient (Wildman–Crippen LogP) is 1.13. The van der Waals surface area contributed by atoms with E-state index in [-0.39, 0.29) is 36.0 Å². The van der Waals surface area contributed by atoms with E-state index in [0.29, 0.717) is 6.42 Å². The Labute approximate surface area is 135 Å². The second kappa shape index (κ2) is 11.3. The van der Waals surface area contributed by atoms with Crippen molar-refractivity contribution in [1.82, 2.24) is 0 Å². The van der Waals surface area contributed by atoms with Gasteiger partial charge in [0.25, 0.3) is 0 Å². The van der Waals surface area contributed by atoms with E-state index >= 15 is 0 Å². The minimum absolute atomic E-state index is 0. The Hall–Kier alpha value is -0.590. The van der Waals surface area contributed by atoms with Crippen LogP contribution in [0.15, 0.2) is 0 Å². The molecular formula is C12H20NaO6. The Morgan fingerprint density at radius 1 is 1.05 bits per heavy atom. The average Bonchev–Trinajstić information content (AvgIpc) is 2.28. The molecule has 7 heteroatoms. The fraction of sp³-hybridized carbons (Fsp3) is 0.750. The van der Waals surface area contributed by atoms with Gasteiger partial charge in [0.05, 0.1) is 0 Å². The molecule has 2 unspecified atom stereocenters. The van der Waals surface area contributed by atoms with Crippen molar-refractivity contribution in [2.24, 2.45) is 0 Å². The van der Waals surface area contributed by atoms with Crippen LogP contribution in [0.25, 0.3) is 0 Å². The molecule has 0 aliphatic rings. The van der Waals surface area contributed by atoms with Gasteiger partial charge in [-0.1, -0.05) is 19.8 Å².